The smallest absolute Gasteiger partial charge is 0.229 e. The van der Waals surface area contributed by atoms with Crippen molar-refractivity contribution in [1.29, 1.82) is 0 Å². The molecule has 0 radical (unpaired) electrons. The molecule has 0 aliphatic heterocycles. The molecule has 1 aromatic carbocycles. The summed E-state index contributed by atoms with van der Waals surface area (Å²) < 4.78 is 0. The number of hydrogen-bond donors (Lipinski definition) is 1. The Morgan fingerprint density at radius 2 is 2.05 bits per heavy atom. The van der Waals surface area contributed by atoms with E-state index >= 15 is 0 Å². The topological polar surface area (TPSA) is 42.0 Å². The summed E-state index contributed by atoms with van der Waals surface area (Å²) in [6, 6.07) is 10.2. The zero-order valence-corrected chi connectivity index (χ0v) is 11.6. The SMILES string of the molecule is Cc1ccc(NC(=O)Cc2ccc3c(c2)CCC3)nc1. The van der Waals surface area contributed by atoms with Crippen LogP contribution < -0.4 is 5.32 Å². The van der Waals surface area contributed by atoms with Crippen molar-refractivity contribution in [3.63, 3.8) is 0 Å². The highest BCUT2D eigenvalue weighted by Crippen LogP contribution is 2.23. The average Bonchev–Trinajstić information content (AvgIpc) is 2.89. The Morgan fingerprint density at radius 3 is 2.85 bits per heavy atom. The maximum Gasteiger partial charge on any atom is 0.229 e. The molecule has 1 aliphatic rings. The van der Waals surface area contributed by atoms with Crippen molar-refractivity contribution in [3.05, 3.63) is 58.8 Å². The van der Waals surface area contributed by atoms with Crippen LogP contribution in [-0.2, 0) is 24.1 Å². The van der Waals surface area contributed by atoms with Crippen LogP contribution in [0.2, 0.25) is 0 Å². The van der Waals surface area contributed by atoms with E-state index in [0.717, 1.165) is 17.5 Å². The van der Waals surface area contributed by atoms with Crippen molar-refractivity contribution in [3.8, 4) is 0 Å². The molecule has 0 saturated carbocycles. The Morgan fingerprint density at radius 1 is 1.20 bits per heavy atom. The standard InChI is InChI=1S/C17H18N2O/c1-12-5-8-16(18-11-12)19-17(20)10-13-6-7-14-3-2-4-15(14)9-13/h5-9,11H,2-4,10H2,1H3,(H,18,19,20). The molecule has 2 aromatic rings. The molecule has 1 heterocycles. The number of nitrogens with one attached hydrogen (secondary N) is 1. The van der Waals surface area contributed by atoms with Gasteiger partial charge in [-0.3, -0.25) is 4.79 Å². The zero-order valence-electron chi connectivity index (χ0n) is 11.6. The molecule has 0 unspecified atom stereocenters. The second-order valence-corrected chi connectivity index (χ2v) is 5.40. The van der Waals surface area contributed by atoms with E-state index in [1.165, 1.54) is 24.0 Å². The van der Waals surface area contributed by atoms with E-state index in [1.807, 2.05) is 19.1 Å². The Bertz CT molecular complexity index is 632. The summed E-state index contributed by atoms with van der Waals surface area (Å²) in [5.74, 6) is 0.598. The first-order valence-corrected chi connectivity index (χ1v) is 7.04. The molecule has 3 nitrogen and oxygen atoms in total. The minimum atomic E-state index is -0.0145. The highest BCUT2D eigenvalue weighted by Gasteiger charge is 2.12. The summed E-state index contributed by atoms with van der Waals surface area (Å²) in [5.41, 5.74) is 5.01. The fraction of sp³-hybridized carbons (Fsp3) is 0.294. The number of carbonyl (C=O) groups excluding carboxylic acids is 1. The van der Waals surface area contributed by atoms with Gasteiger partial charge in [0, 0.05) is 6.20 Å². The van der Waals surface area contributed by atoms with E-state index in [-0.39, 0.29) is 5.91 Å². The third kappa shape index (κ3) is 2.87. The molecule has 1 aromatic heterocycles. The monoisotopic (exact) mass is 266 g/mol. The number of anilines is 1. The summed E-state index contributed by atoms with van der Waals surface area (Å²) >= 11 is 0. The highest BCUT2D eigenvalue weighted by atomic mass is 16.1. The molecule has 0 saturated heterocycles. The van der Waals surface area contributed by atoms with Gasteiger partial charge in [-0.05, 0) is 54.5 Å². The van der Waals surface area contributed by atoms with Gasteiger partial charge < -0.3 is 5.32 Å². The van der Waals surface area contributed by atoms with Crippen LogP contribution in [0.5, 0.6) is 0 Å². The number of aryl methyl sites for hydroxylation is 3. The summed E-state index contributed by atoms with van der Waals surface area (Å²) in [7, 11) is 0. The van der Waals surface area contributed by atoms with Gasteiger partial charge in [0.05, 0.1) is 6.42 Å². The van der Waals surface area contributed by atoms with Gasteiger partial charge in [-0.15, -0.1) is 0 Å². The van der Waals surface area contributed by atoms with E-state index in [1.54, 1.807) is 6.20 Å². The summed E-state index contributed by atoms with van der Waals surface area (Å²) in [6.45, 7) is 1.98. The van der Waals surface area contributed by atoms with Crippen LogP contribution in [0.15, 0.2) is 36.5 Å². The minimum Gasteiger partial charge on any atom is -0.310 e. The molecule has 1 amide bonds. The maximum absolute atomic E-state index is 12.0. The molecule has 3 rings (SSSR count). The van der Waals surface area contributed by atoms with E-state index in [2.05, 4.69) is 28.5 Å². The Hall–Kier alpha value is -2.16. The van der Waals surface area contributed by atoms with Crippen LogP contribution in [0.25, 0.3) is 0 Å². The number of carbonyl (C=O) groups is 1. The van der Waals surface area contributed by atoms with Crippen LogP contribution in [-0.4, -0.2) is 10.9 Å². The third-order valence-electron chi connectivity index (χ3n) is 3.71. The summed E-state index contributed by atoms with van der Waals surface area (Å²) in [6.07, 6.45) is 5.71. The number of benzene rings is 1. The Kier molecular flexibility index (Phi) is 3.50. The van der Waals surface area contributed by atoms with Gasteiger partial charge in [0.25, 0.3) is 0 Å². The Balaban J connectivity index is 1.65. The number of aromatic nitrogens is 1. The predicted molar refractivity (Wildman–Crippen MR) is 79.8 cm³/mol. The number of fused-ring (bicyclic) bond motifs is 1. The first kappa shape index (κ1) is 12.9. The lowest BCUT2D eigenvalue weighted by atomic mass is 10.0. The largest absolute Gasteiger partial charge is 0.310 e. The third-order valence-corrected chi connectivity index (χ3v) is 3.71. The van der Waals surface area contributed by atoms with Gasteiger partial charge in [0.2, 0.25) is 5.91 Å². The van der Waals surface area contributed by atoms with Crippen LogP contribution in [0.4, 0.5) is 5.82 Å². The first-order valence-electron chi connectivity index (χ1n) is 7.04. The number of pyridine rings is 1. The lowest BCUT2D eigenvalue weighted by Crippen LogP contribution is -2.15. The van der Waals surface area contributed by atoms with E-state index < -0.39 is 0 Å². The van der Waals surface area contributed by atoms with Crippen LogP contribution in [0.1, 0.15) is 28.7 Å². The van der Waals surface area contributed by atoms with Crippen molar-refractivity contribution in [2.45, 2.75) is 32.6 Å². The molecular formula is C17H18N2O. The van der Waals surface area contributed by atoms with Gasteiger partial charge in [0.1, 0.15) is 5.82 Å². The van der Waals surface area contributed by atoms with Crippen molar-refractivity contribution in [2.75, 3.05) is 5.32 Å². The van der Waals surface area contributed by atoms with Gasteiger partial charge in [-0.25, -0.2) is 4.98 Å². The molecule has 1 aliphatic carbocycles. The molecule has 3 heteroatoms. The number of amides is 1. The molecule has 102 valence electrons. The molecule has 20 heavy (non-hydrogen) atoms. The quantitative estimate of drug-likeness (QED) is 0.927. The number of hydrogen-bond acceptors (Lipinski definition) is 2. The van der Waals surface area contributed by atoms with Gasteiger partial charge in [0.15, 0.2) is 0 Å². The summed E-state index contributed by atoms with van der Waals surface area (Å²) in [5, 5.41) is 2.84. The number of rotatable bonds is 3. The fourth-order valence-electron chi connectivity index (χ4n) is 2.65. The molecule has 0 spiro atoms. The van der Waals surface area contributed by atoms with Gasteiger partial charge >= 0.3 is 0 Å². The second kappa shape index (κ2) is 5.45. The first-order chi connectivity index (χ1) is 9.70. The molecule has 1 N–H and O–H groups in total. The molecular weight excluding hydrogens is 248 g/mol. The maximum atomic E-state index is 12.0. The average molecular weight is 266 g/mol. The minimum absolute atomic E-state index is 0.0145. The van der Waals surface area contributed by atoms with Crippen LogP contribution in [0, 0.1) is 6.92 Å². The van der Waals surface area contributed by atoms with E-state index in [0.29, 0.717) is 12.2 Å². The van der Waals surface area contributed by atoms with Gasteiger partial charge in [-0.2, -0.15) is 0 Å². The second-order valence-electron chi connectivity index (χ2n) is 5.40. The lowest BCUT2D eigenvalue weighted by molar-refractivity contribution is -0.115. The Labute approximate surface area is 119 Å². The molecule has 0 atom stereocenters. The zero-order chi connectivity index (χ0) is 13.9. The molecule has 0 fully saturated rings. The number of nitrogens with zero attached hydrogens (tertiary/aromatic N) is 1. The van der Waals surface area contributed by atoms with E-state index in [9.17, 15) is 4.79 Å². The molecule has 0 bridgehead atoms. The predicted octanol–water partition coefficient (Wildman–Crippen LogP) is 3.06. The highest BCUT2D eigenvalue weighted by molar-refractivity contribution is 5.91. The van der Waals surface area contributed by atoms with E-state index in [4.69, 9.17) is 0 Å². The van der Waals surface area contributed by atoms with Crippen LogP contribution in [0.3, 0.4) is 0 Å². The van der Waals surface area contributed by atoms with Crippen LogP contribution >= 0.6 is 0 Å². The summed E-state index contributed by atoms with van der Waals surface area (Å²) in [4.78, 5) is 16.2. The van der Waals surface area contributed by atoms with Crippen molar-refractivity contribution < 1.29 is 4.79 Å². The lowest BCUT2D eigenvalue weighted by Gasteiger charge is -2.06. The van der Waals surface area contributed by atoms with Crippen molar-refractivity contribution in [1.82, 2.24) is 4.98 Å². The van der Waals surface area contributed by atoms with Gasteiger partial charge in [-0.1, -0.05) is 24.3 Å². The van der Waals surface area contributed by atoms with Crippen molar-refractivity contribution >= 4 is 11.7 Å². The van der Waals surface area contributed by atoms with Crippen molar-refractivity contribution in [2.24, 2.45) is 0 Å². The normalized spacial score (nSPS) is 13.1. The fourth-order valence-corrected chi connectivity index (χ4v) is 2.65.